The molecular weight excluding hydrogens is 508 g/mol. The molecule has 9 heteroatoms. The molecule has 0 radical (unpaired) electrons. The summed E-state index contributed by atoms with van der Waals surface area (Å²) in [7, 11) is 0. The molecule has 202 valence electrons. The first-order chi connectivity index (χ1) is 18.4. The molecule has 4 rings (SSSR count). The summed E-state index contributed by atoms with van der Waals surface area (Å²) in [6.07, 6.45) is 3.79. The minimum atomic E-state index is -2.13. The number of aromatic nitrogens is 1. The highest BCUT2D eigenvalue weighted by molar-refractivity contribution is 7.99. The maximum absolute atomic E-state index is 15.8. The lowest BCUT2D eigenvalue weighted by molar-refractivity contribution is 0.0953. The van der Waals surface area contributed by atoms with Gasteiger partial charge in [-0.1, -0.05) is 55.1 Å². The summed E-state index contributed by atoms with van der Waals surface area (Å²) in [5.41, 5.74) is 2.22. The molecule has 0 saturated heterocycles. The van der Waals surface area contributed by atoms with Gasteiger partial charge in [0.2, 0.25) is 0 Å². The smallest absolute Gasteiger partial charge is 0.256 e. The van der Waals surface area contributed by atoms with Gasteiger partial charge in [0.05, 0.1) is 18.4 Å². The summed E-state index contributed by atoms with van der Waals surface area (Å²) < 4.78 is 35.7. The number of benzene rings is 2. The number of oxazole rings is 1. The topological polar surface area (TPSA) is 90.5 Å². The van der Waals surface area contributed by atoms with E-state index in [0.717, 1.165) is 29.7 Å². The van der Waals surface area contributed by atoms with Crippen LogP contribution in [-0.4, -0.2) is 45.3 Å². The van der Waals surface area contributed by atoms with E-state index >= 15 is 4.39 Å². The molecule has 3 unspecified atom stereocenters. The van der Waals surface area contributed by atoms with Crippen molar-refractivity contribution in [2.75, 3.05) is 12.3 Å². The van der Waals surface area contributed by atoms with E-state index < -0.39 is 23.6 Å². The van der Waals surface area contributed by atoms with Crippen LogP contribution in [0.3, 0.4) is 0 Å². The number of nitrogens with zero attached hydrogens (tertiary/aromatic N) is 1. The molecule has 0 bridgehead atoms. The van der Waals surface area contributed by atoms with Gasteiger partial charge in [-0.3, -0.25) is 0 Å². The molecule has 0 amide bonds. The number of hydrogen-bond donors (Lipinski definition) is 4. The molecule has 1 aliphatic heterocycles. The Morgan fingerprint density at radius 1 is 1.29 bits per heavy atom. The Kier molecular flexibility index (Phi) is 9.60. The standard InChI is InChI=1S/C29H33F2N3O3S/c1-2-20-6-5-7-21(14-20)18-32-19-26(36)25-17-29(31,15-22(30)10-12-35)16-23(33-25)11-13-38-28-34-24-8-3-4-9-27(24)37-28/h3-10,12,14-16,25-26,32-33,35-36H,2,11,13,17-19H2,1H3/b12-10-,22-15+. The highest BCUT2D eigenvalue weighted by Gasteiger charge is 2.37. The molecule has 3 aromatic rings. The summed E-state index contributed by atoms with van der Waals surface area (Å²) in [6, 6.07) is 15.0. The van der Waals surface area contributed by atoms with E-state index in [2.05, 4.69) is 34.7 Å². The second-order valence-electron chi connectivity index (χ2n) is 9.31. The highest BCUT2D eigenvalue weighted by atomic mass is 32.2. The molecular formula is C29H33F2N3O3S. The number of aryl methyl sites for hydroxylation is 1. The molecule has 0 saturated carbocycles. The van der Waals surface area contributed by atoms with Crippen LogP contribution in [0.4, 0.5) is 8.78 Å². The van der Waals surface area contributed by atoms with Gasteiger partial charge < -0.3 is 25.3 Å². The van der Waals surface area contributed by atoms with E-state index in [4.69, 9.17) is 9.52 Å². The van der Waals surface area contributed by atoms with Crippen molar-refractivity contribution in [3.63, 3.8) is 0 Å². The zero-order valence-electron chi connectivity index (χ0n) is 21.2. The fraction of sp³-hybridized carbons (Fsp3) is 0.345. The van der Waals surface area contributed by atoms with Gasteiger partial charge in [-0.05, 0) is 48.3 Å². The Labute approximate surface area is 225 Å². The van der Waals surface area contributed by atoms with Gasteiger partial charge in [-0.2, -0.15) is 0 Å². The van der Waals surface area contributed by atoms with Gasteiger partial charge in [-0.25, -0.2) is 13.8 Å². The highest BCUT2D eigenvalue weighted by Crippen LogP contribution is 2.33. The van der Waals surface area contributed by atoms with Crippen LogP contribution in [0.5, 0.6) is 0 Å². The van der Waals surface area contributed by atoms with E-state index in [-0.39, 0.29) is 13.0 Å². The van der Waals surface area contributed by atoms with E-state index in [0.29, 0.717) is 41.5 Å². The van der Waals surface area contributed by atoms with E-state index in [1.807, 2.05) is 36.4 Å². The quantitative estimate of drug-likeness (QED) is 0.129. The Bertz CT molecular complexity index is 1280. The number of halogens is 2. The number of aliphatic hydroxyl groups excluding tert-OH is 2. The van der Waals surface area contributed by atoms with Crippen molar-refractivity contribution in [1.82, 2.24) is 15.6 Å². The SMILES string of the molecule is CCc1cccc(CNCC(O)C2CC(F)(/C=C(F)\C=C/O)C=C(CCSc3nc4ccccc4o3)N2)c1. The van der Waals surface area contributed by atoms with Gasteiger partial charge in [0.25, 0.3) is 5.22 Å². The average Bonchev–Trinajstić information content (AvgIpc) is 3.31. The molecule has 0 fully saturated rings. The number of nitrogens with one attached hydrogen (secondary N) is 2. The molecule has 2 aromatic carbocycles. The Morgan fingerprint density at radius 2 is 2.11 bits per heavy atom. The first-order valence-corrected chi connectivity index (χ1v) is 13.7. The number of allylic oxidation sites excluding steroid dienone is 5. The van der Waals surface area contributed by atoms with Crippen molar-refractivity contribution in [3.05, 3.63) is 95.7 Å². The first-order valence-electron chi connectivity index (χ1n) is 12.7. The monoisotopic (exact) mass is 541 g/mol. The second kappa shape index (κ2) is 13.1. The Morgan fingerprint density at radius 3 is 2.89 bits per heavy atom. The van der Waals surface area contributed by atoms with Crippen LogP contribution in [-0.2, 0) is 13.0 Å². The van der Waals surface area contributed by atoms with Crippen LogP contribution >= 0.6 is 11.8 Å². The number of alkyl halides is 1. The van der Waals surface area contributed by atoms with Crippen LogP contribution in [0, 0.1) is 0 Å². The molecule has 38 heavy (non-hydrogen) atoms. The molecule has 3 atom stereocenters. The predicted octanol–water partition coefficient (Wildman–Crippen LogP) is 5.90. The van der Waals surface area contributed by atoms with Crippen LogP contribution in [0.15, 0.2) is 94.2 Å². The minimum Gasteiger partial charge on any atom is -0.515 e. The largest absolute Gasteiger partial charge is 0.515 e. The van der Waals surface area contributed by atoms with Crippen molar-refractivity contribution in [2.24, 2.45) is 0 Å². The lowest BCUT2D eigenvalue weighted by Crippen LogP contribution is -2.50. The third kappa shape index (κ3) is 7.69. The van der Waals surface area contributed by atoms with Crippen LogP contribution < -0.4 is 10.6 Å². The first kappa shape index (κ1) is 27.9. The summed E-state index contributed by atoms with van der Waals surface area (Å²) in [4.78, 5) is 4.44. The molecule has 0 aliphatic carbocycles. The van der Waals surface area contributed by atoms with Crippen LogP contribution in [0.25, 0.3) is 11.1 Å². The van der Waals surface area contributed by atoms with Gasteiger partial charge in [0.15, 0.2) is 11.3 Å². The number of para-hydroxylation sites is 2. The van der Waals surface area contributed by atoms with E-state index in [1.54, 1.807) is 0 Å². The number of rotatable bonds is 12. The minimum absolute atomic E-state index is 0.157. The van der Waals surface area contributed by atoms with Crippen molar-refractivity contribution in [2.45, 2.75) is 55.8 Å². The molecule has 0 spiro atoms. The molecule has 2 heterocycles. The molecule has 1 aromatic heterocycles. The normalized spacial score (nSPS) is 21.0. The summed E-state index contributed by atoms with van der Waals surface area (Å²) >= 11 is 1.40. The lowest BCUT2D eigenvalue weighted by atomic mass is 9.87. The predicted molar refractivity (Wildman–Crippen MR) is 147 cm³/mol. The fourth-order valence-electron chi connectivity index (χ4n) is 4.47. The molecule has 4 N–H and O–H groups in total. The third-order valence-corrected chi connectivity index (χ3v) is 7.18. The van der Waals surface area contributed by atoms with E-state index in [9.17, 15) is 9.50 Å². The maximum atomic E-state index is 15.8. The molecule has 6 nitrogen and oxygen atoms in total. The van der Waals surface area contributed by atoms with Crippen molar-refractivity contribution >= 4 is 22.9 Å². The van der Waals surface area contributed by atoms with Gasteiger partial charge in [-0.15, -0.1) is 0 Å². The summed E-state index contributed by atoms with van der Waals surface area (Å²) in [5.74, 6) is -0.352. The third-order valence-electron chi connectivity index (χ3n) is 6.35. The van der Waals surface area contributed by atoms with Gasteiger partial charge in [0, 0.05) is 37.0 Å². The second-order valence-corrected chi connectivity index (χ2v) is 10.4. The number of thioether (sulfide) groups is 1. The van der Waals surface area contributed by atoms with Crippen LogP contribution in [0.2, 0.25) is 0 Å². The van der Waals surface area contributed by atoms with E-state index in [1.165, 1.54) is 23.4 Å². The Hall–Kier alpha value is -3.14. The summed E-state index contributed by atoms with van der Waals surface area (Å²) in [6.45, 7) is 2.90. The zero-order valence-corrected chi connectivity index (χ0v) is 22.1. The van der Waals surface area contributed by atoms with Crippen molar-refractivity contribution in [3.8, 4) is 0 Å². The fourth-order valence-corrected chi connectivity index (χ4v) is 5.28. The lowest BCUT2D eigenvalue weighted by Gasteiger charge is -2.36. The van der Waals surface area contributed by atoms with Crippen molar-refractivity contribution < 1.29 is 23.4 Å². The average molecular weight is 542 g/mol. The van der Waals surface area contributed by atoms with Crippen molar-refractivity contribution in [1.29, 1.82) is 0 Å². The summed E-state index contributed by atoms with van der Waals surface area (Å²) in [5, 5.41) is 26.8. The number of aliphatic hydroxyl groups is 2. The number of hydrogen-bond acceptors (Lipinski definition) is 7. The zero-order chi connectivity index (χ0) is 27.0. The molecule has 1 aliphatic rings. The van der Waals surface area contributed by atoms with Crippen LogP contribution in [0.1, 0.15) is 30.9 Å². The number of fused-ring (bicyclic) bond motifs is 1. The Balaban J connectivity index is 1.40. The maximum Gasteiger partial charge on any atom is 0.256 e. The van der Waals surface area contributed by atoms with Gasteiger partial charge >= 0.3 is 0 Å². The van der Waals surface area contributed by atoms with Gasteiger partial charge in [0.1, 0.15) is 11.3 Å².